The van der Waals surface area contributed by atoms with Gasteiger partial charge in [0.2, 0.25) is 12.0 Å². The van der Waals surface area contributed by atoms with E-state index in [0.29, 0.717) is 0 Å². The first-order valence-electron chi connectivity index (χ1n) is 16.1. The predicted octanol–water partition coefficient (Wildman–Crippen LogP) is 9.10. The van der Waals surface area contributed by atoms with Crippen LogP contribution in [0.3, 0.4) is 0 Å². The van der Waals surface area contributed by atoms with Crippen molar-refractivity contribution in [2.75, 3.05) is 4.90 Å². The normalized spacial score (nSPS) is 13.6. The Morgan fingerprint density at radius 2 is 1.00 bits per heavy atom. The lowest BCUT2D eigenvalue weighted by Crippen LogP contribution is -2.41. The van der Waals surface area contributed by atoms with Gasteiger partial charge in [0.15, 0.2) is 18.2 Å². The third kappa shape index (κ3) is 4.87. The molecule has 1 unspecified atom stereocenters. The summed E-state index contributed by atoms with van der Waals surface area (Å²) in [7, 11) is 0. The molecule has 0 aliphatic carbocycles. The fraction of sp³-hybridized carbons (Fsp3) is 0.0238. The van der Waals surface area contributed by atoms with Gasteiger partial charge in [-0.3, -0.25) is 14.0 Å². The molecule has 0 spiro atoms. The maximum absolute atomic E-state index is 5.44. The summed E-state index contributed by atoms with van der Waals surface area (Å²) < 4.78 is 6.61. The Morgan fingerprint density at radius 3 is 1.71 bits per heavy atom. The number of benzene rings is 5. The van der Waals surface area contributed by atoms with Gasteiger partial charge in [-0.25, -0.2) is 9.97 Å². The van der Waals surface area contributed by atoms with Crippen LogP contribution in [0, 0.1) is 0 Å². The van der Waals surface area contributed by atoms with Gasteiger partial charge in [-0.2, -0.15) is 4.57 Å². The van der Waals surface area contributed by atoms with Crippen LogP contribution in [0.15, 0.2) is 183 Å². The van der Waals surface area contributed by atoms with E-state index >= 15 is 0 Å². The topological polar surface area (TPSA) is 42.8 Å². The first kappa shape index (κ1) is 27.8. The summed E-state index contributed by atoms with van der Waals surface area (Å²) in [5.41, 5.74) is 9.04. The van der Waals surface area contributed by atoms with Crippen LogP contribution in [-0.4, -0.2) is 19.1 Å². The lowest BCUT2D eigenvalue weighted by molar-refractivity contribution is -0.706. The standard InChI is InChI=1S/C42H31N6/c1-5-18-34(19-6-1)46-29-38-39-30-47(35-20-7-2-8-21-35)42(44-39)48(36-22-9-3-10-23-36)37-24-14-16-32(28-37)31-15-13-17-33(27-31)40(41(46)43-38)45-25-11-4-12-26-45/h1-30,40H/q+1. The number of hydrogen-bond acceptors (Lipinski definition) is 3. The minimum absolute atomic E-state index is 0.206. The van der Waals surface area contributed by atoms with Crippen molar-refractivity contribution in [3.8, 4) is 33.9 Å². The van der Waals surface area contributed by atoms with E-state index in [2.05, 4.69) is 177 Å². The van der Waals surface area contributed by atoms with Crippen LogP contribution in [0.1, 0.15) is 17.4 Å². The second-order valence-corrected chi connectivity index (χ2v) is 11.9. The fourth-order valence-electron chi connectivity index (χ4n) is 6.65. The first-order valence-corrected chi connectivity index (χ1v) is 16.1. The van der Waals surface area contributed by atoms with E-state index in [1.54, 1.807) is 0 Å². The van der Waals surface area contributed by atoms with Crippen LogP contribution >= 0.6 is 0 Å². The highest BCUT2D eigenvalue weighted by atomic mass is 15.3. The van der Waals surface area contributed by atoms with Crippen LogP contribution in [0.5, 0.6) is 0 Å². The zero-order valence-electron chi connectivity index (χ0n) is 26.1. The third-order valence-electron chi connectivity index (χ3n) is 8.89. The Labute approximate surface area is 279 Å². The predicted molar refractivity (Wildman–Crippen MR) is 190 cm³/mol. The molecule has 0 amide bonds. The summed E-state index contributed by atoms with van der Waals surface area (Å²) in [4.78, 5) is 13.1. The van der Waals surface area contributed by atoms with Gasteiger partial charge in [-0.05, 0) is 65.7 Å². The van der Waals surface area contributed by atoms with Crippen LogP contribution in [0.4, 0.5) is 17.3 Å². The van der Waals surface area contributed by atoms with Gasteiger partial charge in [0, 0.05) is 52.8 Å². The molecule has 0 N–H and O–H groups in total. The molecule has 48 heavy (non-hydrogen) atoms. The van der Waals surface area contributed by atoms with Gasteiger partial charge in [0.1, 0.15) is 11.4 Å². The lowest BCUT2D eigenvalue weighted by atomic mass is 9.98. The van der Waals surface area contributed by atoms with Gasteiger partial charge in [-0.15, -0.1) is 0 Å². The Bertz CT molecular complexity index is 2180. The molecule has 1 atom stereocenters. The van der Waals surface area contributed by atoms with E-state index in [1.807, 2.05) is 24.3 Å². The zero-order valence-corrected chi connectivity index (χ0v) is 26.1. The highest BCUT2D eigenvalue weighted by molar-refractivity contribution is 5.79. The van der Waals surface area contributed by atoms with E-state index in [-0.39, 0.29) is 6.04 Å². The number of pyridine rings is 1. The molecule has 1 aliphatic heterocycles. The van der Waals surface area contributed by atoms with Gasteiger partial charge >= 0.3 is 0 Å². The van der Waals surface area contributed by atoms with Crippen molar-refractivity contribution in [2.24, 2.45) is 0 Å². The molecule has 9 rings (SSSR count). The minimum Gasteiger partial charge on any atom is -0.297 e. The summed E-state index contributed by atoms with van der Waals surface area (Å²) >= 11 is 0. The molecule has 0 fully saturated rings. The average molecular weight is 620 g/mol. The lowest BCUT2D eigenvalue weighted by Gasteiger charge is -2.25. The van der Waals surface area contributed by atoms with E-state index in [0.717, 1.165) is 62.6 Å². The molecule has 5 aromatic carbocycles. The number of anilines is 3. The van der Waals surface area contributed by atoms with Crippen molar-refractivity contribution in [2.45, 2.75) is 6.04 Å². The Balaban J connectivity index is 1.39. The molecule has 228 valence electrons. The Morgan fingerprint density at radius 1 is 0.458 bits per heavy atom. The van der Waals surface area contributed by atoms with Crippen LogP contribution in [-0.2, 0) is 0 Å². The van der Waals surface area contributed by atoms with E-state index in [9.17, 15) is 0 Å². The Hall–Kier alpha value is -6.53. The van der Waals surface area contributed by atoms with Crippen molar-refractivity contribution in [3.63, 3.8) is 0 Å². The number of hydrogen-bond donors (Lipinski definition) is 0. The van der Waals surface area contributed by atoms with Gasteiger partial charge in [-0.1, -0.05) is 91.0 Å². The van der Waals surface area contributed by atoms with Crippen molar-refractivity contribution in [3.05, 3.63) is 194 Å². The summed E-state index contributed by atoms with van der Waals surface area (Å²) in [6, 6.07) is 54.8. The van der Waals surface area contributed by atoms with E-state index in [4.69, 9.17) is 9.97 Å². The molecule has 8 bridgehead atoms. The summed E-state index contributed by atoms with van der Waals surface area (Å²) in [5.74, 6) is 1.67. The molecule has 8 aromatic rings. The SMILES string of the molecule is c1ccc(N2c3cccc(c3)-c3cccc(c3)C([n+]3ccccc3)c3nc(cn3-c3ccccc3)-c3cn(-c4ccccc4)c2n3)cc1. The largest absolute Gasteiger partial charge is 0.297 e. The minimum atomic E-state index is -0.206. The molecular formula is C42H31N6+. The summed E-state index contributed by atoms with van der Waals surface area (Å²) in [6.45, 7) is 0. The molecule has 3 aromatic heterocycles. The van der Waals surface area contributed by atoms with Crippen LogP contribution < -0.4 is 9.47 Å². The zero-order chi connectivity index (χ0) is 31.9. The highest BCUT2D eigenvalue weighted by Gasteiger charge is 2.32. The maximum Gasteiger partial charge on any atom is 0.241 e. The molecule has 0 saturated heterocycles. The van der Waals surface area contributed by atoms with Gasteiger partial charge < -0.3 is 0 Å². The number of rotatable bonds is 4. The maximum atomic E-state index is 5.44. The quantitative estimate of drug-likeness (QED) is 0.185. The second-order valence-electron chi connectivity index (χ2n) is 11.9. The summed E-state index contributed by atoms with van der Waals surface area (Å²) in [5, 5.41) is 0. The van der Waals surface area contributed by atoms with E-state index in [1.165, 1.54) is 0 Å². The molecule has 4 heterocycles. The average Bonchev–Trinajstić information content (AvgIpc) is 3.79. The summed E-state index contributed by atoms with van der Waals surface area (Å²) in [6.07, 6.45) is 8.46. The van der Waals surface area contributed by atoms with Gasteiger partial charge in [0.05, 0.1) is 0 Å². The van der Waals surface area contributed by atoms with Crippen molar-refractivity contribution < 1.29 is 4.57 Å². The Kier molecular flexibility index (Phi) is 6.75. The van der Waals surface area contributed by atoms with Crippen molar-refractivity contribution in [1.82, 2.24) is 19.1 Å². The molecule has 0 saturated carbocycles. The number of aromatic nitrogens is 5. The molecule has 6 nitrogen and oxygen atoms in total. The molecule has 6 heteroatoms. The smallest absolute Gasteiger partial charge is 0.241 e. The molecule has 1 aliphatic rings. The van der Waals surface area contributed by atoms with E-state index < -0.39 is 0 Å². The fourth-order valence-corrected chi connectivity index (χ4v) is 6.65. The van der Waals surface area contributed by atoms with Crippen molar-refractivity contribution in [1.29, 1.82) is 0 Å². The second kappa shape index (κ2) is 11.7. The van der Waals surface area contributed by atoms with Crippen LogP contribution in [0.2, 0.25) is 0 Å². The third-order valence-corrected chi connectivity index (χ3v) is 8.89. The number of para-hydroxylation sites is 3. The number of fused-ring (bicyclic) bond motifs is 10. The molecule has 0 radical (unpaired) electrons. The van der Waals surface area contributed by atoms with Crippen LogP contribution in [0.25, 0.3) is 33.9 Å². The first-order chi connectivity index (χ1) is 23.8. The van der Waals surface area contributed by atoms with Crippen molar-refractivity contribution >= 4 is 17.3 Å². The number of nitrogens with zero attached hydrogens (tertiary/aromatic N) is 6. The highest BCUT2D eigenvalue weighted by Crippen LogP contribution is 2.40. The van der Waals surface area contributed by atoms with Gasteiger partial charge in [0.25, 0.3) is 0 Å². The number of imidazole rings is 2. The molecular weight excluding hydrogens is 589 g/mol. The monoisotopic (exact) mass is 619 g/mol.